The summed E-state index contributed by atoms with van der Waals surface area (Å²) in [6.45, 7) is 0.0143. The second-order valence-electron chi connectivity index (χ2n) is 7.79. The number of halogens is 1. The smallest absolute Gasteiger partial charge is 0.264 e. The molecule has 0 saturated carbocycles. The van der Waals surface area contributed by atoms with Gasteiger partial charge in [0.2, 0.25) is 9.84 Å². The molecule has 2 N–H and O–H groups in total. The number of benzene rings is 3. The van der Waals surface area contributed by atoms with Crippen LogP contribution in [0.1, 0.15) is 16.7 Å². The molecule has 168 valence electrons. The maximum Gasteiger partial charge on any atom is 0.264 e. The second-order valence-corrected chi connectivity index (χ2v) is 9.55. The summed E-state index contributed by atoms with van der Waals surface area (Å²) in [5.41, 5.74) is 0.458. The number of anilines is 1. The fourth-order valence-corrected chi connectivity index (χ4v) is 5.38. The minimum atomic E-state index is -3.91. The van der Waals surface area contributed by atoms with E-state index in [-0.39, 0.29) is 39.3 Å². The van der Waals surface area contributed by atoms with Crippen molar-refractivity contribution in [2.45, 2.75) is 11.4 Å². The van der Waals surface area contributed by atoms with E-state index in [4.69, 9.17) is 0 Å². The molecule has 1 aliphatic rings. The Kier molecular flexibility index (Phi) is 4.96. The zero-order chi connectivity index (χ0) is 24.0. The van der Waals surface area contributed by atoms with Crippen LogP contribution < -0.4 is 10.9 Å². The van der Waals surface area contributed by atoms with Gasteiger partial charge in [0.25, 0.3) is 5.56 Å². The van der Waals surface area contributed by atoms with E-state index in [9.17, 15) is 28.0 Å². The highest BCUT2D eigenvalue weighted by molar-refractivity contribution is 7.94. The lowest BCUT2D eigenvalue weighted by atomic mass is 10.1. The first-order chi connectivity index (χ1) is 16.3. The first-order valence-corrected chi connectivity index (χ1v) is 11.7. The molecule has 0 aliphatic carbocycles. The zero-order valence-corrected chi connectivity index (χ0v) is 18.3. The van der Waals surface area contributed by atoms with E-state index in [0.29, 0.717) is 11.1 Å². The summed E-state index contributed by atoms with van der Waals surface area (Å²) in [5, 5.41) is 24.0. The van der Waals surface area contributed by atoms with E-state index in [1.165, 1.54) is 22.8 Å². The molecule has 4 aromatic rings. The maximum absolute atomic E-state index is 14.1. The predicted molar refractivity (Wildman–Crippen MR) is 125 cm³/mol. The van der Waals surface area contributed by atoms with Gasteiger partial charge in [-0.05, 0) is 48.0 Å². The third-order valence-electron chi connectivity index (χ3n) is 5.60. The van der Waals surface area contributed by atoms with Crippen molar-refractivity contribution in [3.8, 4) is 11.8 Å². The van der Waals surface area contributed by atoms with Crippen molar-refractivity contribution in [2.75, 3.05) is 5.32 Å². The molecule has 0 saturated heterocycles. The molecule has 0 atom stereocenters. The Balaban J connectivity index is 1.78. The van der Waals surface area contributed by atoms with Crippen LogP contribution >= 0.6 is 0 Å². The van der Waals surface area contributed by atoms with Crippen LogP contribution in [0.15, 0.2) is 81.8 Å². The molecule has 34 heavy (non-hydrogen) atoms. The minimum Gasteiger partial charge on any atom is -0.506 e. The Hall–Kier alpha value is -4.42. The summed E-state index contributed by atoms with van der Waals surface area (Å²) in [6, 6.07) is 18.5. The van der Waals surface area contributed by atoms with E-state index in [0.717, 1.165) is 11.5 Å². The molecule has 7 nitrogen and oxygen atoms in total. The monoisotopic (exact) mass is 473 g/mol. The number of sulfone groups is 1. The van der Waals surface area contributed by atoms with Crippen LogP contribution in [0, 0.1) is 17.1 Å². The molecule has 3 aromatic carbocycles. The van der Waals surface area contributed by atoms with Gasteiger partial charge in [-0.15, -0.1) is 0 Å². The Bertz CT molecular complexity index is 1730. The zero-order valence-electron chi connectivity index (χ0n) is 17.5. The average molecular weight is 473 g/mol. The molecule has 2 heterocycles. The number of aromatic nitrogens is 1. The van der Waals surface area contributed by atoms with E-state index >= 15 is 0 Å². The van der Waals surface area contributed by atoms with Crippen LogP contribution in [0.25, 0.3) is 16.6 Å². The van der Waals surface area contributed by atoms with Gasteiger partial charge in [0.1, 0.15) is 17.1 Å². The Morgan fingerprint density at radius 2 is 1.85 bits per heavy atom. The minimum absolute atomic E-state index is 0.0143. The number of hydrogen-bond donors (Lipinski definition) is 2. The number of para-hydroxylation sites is 1. The van der Waals surface area contributed by atoms with Crippen LogP contribution in [0.2, 0.25) is 0 Å². The number of aromatic hydroxyl groups is 1. The fourth-order valence-electron chi connectivity index (χ4n) is 4.07. The highest BCUT2D eigenvalue weighted by atomic mass is 32.2. The van der Waals surface area contributed by atoms with E-state index < -0.39 is 27.0 Å². The topological polar surface area (TPSA) is 112 Å². The average Bonchev–Trinajstić information content (AvgIpc) is 2.82. The number of hydrogen-bond acceptors (Lipinski definition) is 6. The number of rotatable bonds is 3. The van der Waals surface area contributed by atoms with Crippen molar-refractivity contribution in [1.82, 2.24) is 4.57 Å². The van der Waals surface area contributed by atoms with Crippen LogP contribution in [0.4, 0.5) is 10.1 Å². The quantitative estimate of drug-likeness (QED) is 0.466. The molecule has 0 fully saturated rings. The first-order valence-electron chi connectivity index (χ1n) is 10.2. The van der Waals surface area contributed by atoms with Gasteiger partial charge in [-0.1, -0.05) is 24.3 Å². The molecule has 0 amide bonds. The molecule has 0 bridgehead atoms. The molecular formula is C25H16FN3O4S. The van der Waals surface area contributed by atoms with Crippen LogP contribution in [0.3, 0.4) is 0 Å². The van der Waals surface area contributed by atoms with Gasteiger partial charge in [-0.3, -0.25) is 4.79 Å². The maximum atomic E-state index is 14.1. The van der Waals surface area contributed by atoms with Crippen molar-refractivity contribution in [2.24, 2.45) is 0 Å². The first kappa shape index (κ1) is 21.4. The van der Waals surface area contributed by atoms with E-state index in [1.54, 1.807) is 42.5 Å². The molecule has 1 aliphatic heterocycles. The van der Waals surface area contributed by atoms with Gasteiger partial charge in [0, 0.05) is 5.39 Å². The number of nitriles is 1. The number of fused-ring (bicyclic) bond motifs is 2. The summed E-state index contributed by atoms with van der Waals surface area (Å²) in [4.78, 5) is 13.7. The number of pyridine rings is 1. The van der Waals surface area contributed by atoms with Crippen molar-refractivity contribution in [3.63, 3.8) is 0 Å². The molecule has 0 radical (unpaired) electrons. The SMILES string of the molecule is N#Cc1cccc(Cn2c(=O)c(C3=CS(=O)(=O)c4ccccc4N3)c(O)c3cc(F)ccc32)c1. The van der Waals surface area contributed by atoms with Gasteiger partial charge in [-0.25, -0.2) is 12.8 Å². The number of nitrogens with one attached hydrogen (secondary N) is 1. The van der Waals surface area contributed by atoms with Crippen LogP contribution in [0.5, 0.6) is 5.75 Å². The molecule has 0 spiro atoms. The summed E-state index contributed by atoms with van der Waals surface area (Å²) in [5.74, 6) is -1.16. The fraction of sp³-hybridized carbons (Fsp3) is 0.0400. The van der Waals surface area contributed by atoms with Crippen molar-refractivity contribution in [1.29, 1.82) is 5.26 Å². The Morgan fingerprint density at radius 3 is 2.65 bits per heavy atom. The van der Waals surface area contributed by atoms with Crippen molar-refractivity contribution < 1.29 is 17.9 Å². The second kappa shape index (κ2) is 7.86. The summed E-state index contributed by atoms with van der Waals surface area (Å²) >= 11 is 0. The lowest BCUT2D eigenvalue weighted by Gasteiger charge is -2.21. The van der Waals surface area contributed by atoms with Gasteiger partial charge in [-0.2, -0.15) is 5.26 Å². The van der Waals surface area contributed by atoms with Crippen molar-refractivity contribution >= 4 is 32.1 Å². The molecule has 9 heteroatoms. The summed E-state index contributed by atoms with van der Waals surface area (Å²) in [7, 11) is -3.91. The molecule has 5 rings (SSSR count). The van der Waals surface area contributed by atoms with E-state index in [1.807, 2.05) is 6.07 Å². The largest absolute Gasteiger partial charge is 0.506 e. The Morgan fingerprint density at radius 1 is 1.06 bits per heavy atom. The van der Waals surface area contributed by atoms with E-state index in [2.05, 4.69) is 5.32 Å². The predicted octanol–water partition coefficient (Wildman–Crippen LogP) is 3.96. The van der Waals surface area contributed by atoms with Gasteiger partial charge < -0.3 is 15.0 Å². The molecular weight excluding hydrogens is 457 g/mol. The highest BCUT2D eigenvalue weighted by Gasteiger charge is 2.28. The van der Waals surface area contributed by atoms with Crippen LogP contribution in [-0.2, 0) is 16.4 Å². The standard InChI is InChI=1S/C25H16FN3O4S/c26-17-8-9-21-18(11-17)24(30)23(20-14-34(32,33)22-7-2-1-6-19(22)28-20)25(31)29(21)13-16-5-3-4-15(10-16)12-27/h1-11,14,28,30H,13H2. The van der Waals surface area contributed by atoms with Gasteiger partial charge in [0.05, 0.1) is 45.4 Å². The third kappa shape index (κ3) is 3.50. The van der Waals surface area contributed by atoms with Gasteiger partial charge >= 0.3 is 0 Å². The third-order valence-corrected chi connectivity index (χ3v) is 7.12. The van der Waals surface area contributed by atoms with Crippen molar-refractivity contribution in [3.05, 3.63) is 105 Å². The summed E-state index contributed by atoms with van der Waals surface area (Å²) < 4.78 is 41.1. The van der Waals surface area contributed by atoms with Crippen LogP contribution in [-0.4, -0.2) is 18.1 Å². The summed E-state index contributed by atoms with van der Waals surface area (Å²) in [6.07, 6.45) is 0. The highest BCUT2D eigenvalue weighted by Crippen LogP contribution is 2.37. The molecule has 0 unspecified atom stereocenters. The number of nitrogens with zero attached hydrogens (tertiary/aromatic N) is 2. The van der Waals surface area contributed by atoms with Gasteiger partial charge in [0.15, 0.2) is 0 Å². The Labute approximate surface area is 193 Å². The normalized spacial score (nSPS) is 14.1. The lowest BCUT2D eigenvalue weighted by molar-refractivity contribution is 0.476. The molecule has 1 aromatic heterocycles. The lowest BCUT2D eigenvalue weighted by Crippen LogP contribution is -2.27.